The van der Waals surface area contributed by atoms with Gasteiger partial charge in [-0.15, -0.1) is 0 Å². The Kier molecular flexibility index (Phi) is 11.9. The highest BCUT2D eigenvalue weighted by Crippen LogP contribution is 2.30. The first-order valence-corrected chi connectivity index (χ1v) is 13.3. The predicted molar refractivity (Wildman–Crippen MR) is 153 cm³/mol. The van der Waals surface area contributed by atoms with Crippen LogP contribution in [0.5, 0.6) is 5.75 Å². The number of carbonyl (C=O) groups is 1. The van der Waals surface area contributed by atoms with Crippen molar-refractivity contribution in [3.05, 3.63) is 96.2 Å². The molecule has 2 aromatic carbocycles. The highest BCUT2D eigenvalue weighted by molar-refractivity contribution is 5.81. The molecular weight excluding hydrogens is 478 g/mol. The zero-order valence-corrected chi connectivity index (χ0v) is 22.6. The lowest BCUT2D eigenvalue weighted by Crippen LogP contribution is -2.40. The molecule has 0 saturated carbocycles. The van der Waals surface area contributed by atoms with Crippen LogP contribution in [0.15, 0.2) is 90.7 Å². The summed E-state index contributed by atoms with van der Waals surface area (Å²) in [6, 6.07) is 17.1. The van der Waals surface area contributed by atoms with Crippen LogP contribution in [0.25, 0.3) is 0 Å². The molecule has 1 aliphatic heterocycles. The Morgan fingerprint density at radius 3 is 2.68 bits per heavy atom. The van der Waals surface area contributed by atoms with E-state index in [4.69, 9.17) is 9.47 Å². The van der Waals surface area contributed by atoms with Gasteiger partial charge in [0.1, 0.15) is 18.5 Å². The number of nitrogens with zero attached hydrogens (tertiary/aromatic N) is 1. The summed E-state index contributed by atoms with van der Waals surface area (Å²) in [4.78, 5) is 15.3. The average molecular weight is 520 g/mol. The summed E-state index contributed by atoms with van der Waals surface area (Å²) in [5.74, 6) is 0.711. The largest absolute Gasteiger partial charge is 0.490 e. The van der Waals surface area contributed by atoms with Gasteiger partial charge in [0.05, 0.1) is 24.9 Å². The van der Waals surface area contributed by atoms with E-state index in [-0.39, 0.29) is 12.5 Å². The molecule has 0 saturated heterocycles. The molecule has 0 fully saturated rings. The minimum Gasteiger partial charge on any atom is -0.490 e. The molecule has 1 heterocycles. The zero-order valence-electron chi connectivity index (χ0n) is 22.6. The molecule has 1 amide bonds. The van der Waals surface area contributed by atoms with Gasteiger partial charge in [0.15, 0.2) is 0 Å². The van der Waals surface area contributed by atoms with Gasteiger partial charge in [-0.3, -0.25) is 4.79 Å². The maximum absolute atomic E-state index is 13.0. The second kappa shape index (κ2) is 15.6. The van der Waals surface area contributed by atoms with E-state index < -0.39 is 12.1 Å². The van der Waals surface area contributed by atoms with Gasteiger partial charge in [-0.2, -0.15) is 0 Å². The monoisotopic (exact) mass is 519 g/mol. The Hall–Kier alpha value is -3.55. The lowest BCUT2D eigenvalue weighted by atomic mass is 10.1. The van der Waals surface area contributed by atoms with Crippen molar-refractivity contribution in [1.82, 2.24) is 10.6 Å². The van der Waals surface area contributed by atoms with Crippen LogP contribution in [0.3, 0.4) is 0 Å². The van der Waals surface area contributed by atoms with Crippen LogP contribution in [-0.4, -0.2) is 56.6 Å². The van der Waals surface area contributed by atoms with Crippen LogP contribution in [0.4, 0.5) is 5.69 Å². The molecule has 7 heteroatoms. The Labute approximate surface area is 226 Å². The highest BCUT2D eigenvalue weighted by Gasteiger charge is 2.23. The fourth-order valence-corrected chi connectivity index (χ4v) is 4.37. The van der Waals surface area contributed by atoms with Crippen molar-refractivity contribution in [3.63, 3.8) is 0 Å². The maximum Gasteiger partial charge on any atom is 0.250 e. The van der Waals surface area contributed by atoms with E-state index in [0.29, 0.717) is 19.6 Å². The molecule has 38 heavy (non-hydrogen) atoms. The van der Waals surface area contributed by atoms with Gasteiger partial charge in [0.25, 0.3) is 0 Å². The number of aliphatic hydroxyl groups is 1. The normalized spacial score (nSPS) is 15.2. The molecule has 1 aliphatic rings. The number of ether oxygens (including phenoxy) is 2. The molecule has 3 N–H and O–H groups in total. The van der Waals surface area contributed by atoms with Gasteiger partial charge in [-0.25, -0.2) is 0 Å². The molecule has 0 radical (unpaired) electrons. The van der Waals surface area contributed by atoms with E-state index in [1.165, 1.54) is 0 Å². The van der Waals surface area contributed by atoms with Crippen molar-refractivity contribution in [1.29, 1.82) is 0 Å². The van der Waals surface area contributed by atoms with Crippen LogP contribution in [0, 0.1) is 0 Å². The van der Waals surface area contributed by atoms with Gasteiger partial charge < -0.3 is 30.1 Å². The molecular formula is C31H41N3O4. The van der Waals surface area contributed by atoms with Crippen LogP contribution >= 0.6 is 0 Å². The minimum absolute atomic E-state index is 0.182. The summed E-state index contributed by atoms with van der Waals surface area (Å²) in [5.41, 5.74) is 3.94. The molecule has 0 spiro atoms. The summed E-state index contributed by atoms with van der Waals surface area (Å²) in [7, 11) is 0. The average Bonchev–Trinajstić information content (AvgIpc) is 2.95. The van der Waals surface area contributed by atoms with Crippen molar-refractivity contribution < 1.29 is 19.4 Å². The summed E-state index contributed by atoms with van der Waals surface area (Å²) in [5, 5.41) is 16.2. The van der Waals surface area contributed by atoms with E-state index >= 15 is 0 Å². The fraction of sp³-hybridized carbons (Fsp3) is 0.387. The second-order valence-corrected chi connectivity index (χ2v) is 9.23. The first kappa shape index (κ1) is 29.0. The van der Waals surface area contributed by atoms with E-state index in [1.54, 1.807) is 6.08 Å². The van der Waals surface area contributed by atoms with Gasteiger partial charge in [0.2, 0.25) is 5.91 Å². The quantitative estimate of drug-likeness (QED) is 0.237. The summed E-state index contributed by atoms with van der Waals surface area (Å²) < 4.78 is 11.5. The number of anilines is 1. The molecule has 2 atom stereocenters. The Morgan fingerprint density at radius 2 is 1.95 bits per heavy atom. The Balaban J connectivity index is 1.50. The fourth-order valence-electron chi connectivity index (χ4n) is 4.37. The molecule has 2 aromatic rings. The van der Waals surface area contributed by atoms with E-state index in [9.17, 15) is 9.90 Å². The second-order valence-electron chi connectivity index (χ2n) is 9.23. The van der Waals surface area contributed by atoms with Gasteiger partial charge in [-0.1, -0.05) is 60.7 Å². The van der Waals surface area contributed by atoms with E-state index in [0.717, 1.165) is 54.3 Å². The predicted octanol–water partition coefficient (Wildman–Crippen LogP) is 4.53. The smallest absolute Gasteiger partial charge is 0.250 e. The topological polar surface area (TPSA) is 83.1 Å². The third kappa shape index (κ3) is 8.78. The highest BCUT2D eigenvalue weighted by atomic mass is 16.5. The number of nitrogens with one attached hydrogen (secondary N) is 2. The van der Waals surface area contributed by atoms with Gasteiger partial charge in [0, 0.05) is 31.8 Å². The summed E-state index contributed by atoms with van der Waals surface area (Å²) in [6.07, 6.45) is 6.55. The first-order valence-electron chi connectivity index (χ1n) is 13.3. The Morgan fingerprint density at radius 1 is 1.18 bits per heavy atom. The number of hydrogen-bond donors (Lipinski definition) is 3. The van der Waals surface area contributed by atoms with Crippen molar-refractivity contribution in [2.45, 2.75) is 38.8 Å². The van der Waals surface area contributed by atoms with Crippen LogP contribution < -0.4 is 20.3 Å². The number of hydrogen-bond acceptors (Lipinski definition) is 6. The Bertz CT molecular complexity index is 1080. The molecule has 0 aromatic heterocycles. The van der Waals surface area contributed by atoms with Gasteiger partial charge in [-0.05, 0) is 50.1 Å². The number of aliphatic hydroxyl groups excluding tert-OH is 1. The van der Waals surface area contributed by atoms with Crippen LogP contribution in [0.1, 0.15) is 38.3 Å². The standard InChI is InChI=1S/C31H41N3O4/c1-4-26(32-18-11-19-34-20-21-38-29-15-10-9-14-28(29)34)17-16-24(3)22-30(37-5-2)31(36)33-27(23-35)25-12-7-6-8-13-25/h4,6-10,12-17,27,30,32,35H,1,5,11,18-23H2,2-3H3,(H,33,36)/b24-16+,26-17+. The molecule has 2 unspecified atom stereocenters. The van der Waals surface area contributed by atoms with E-state index in [1.807, 2.05) is 74.5 Å². The molecule has 3 rings (SSSR count). The third-order valence-electron chi connectivity index (χ3n) is 6.39. The van der Waals surface area contributed by atoms with Crippen LogP contribution in [0.2, 0.25) is 0 Å². The molecule has 0 bridgehead atoms. The number of allylic oxidation sites excluding steroid dienone is 3. The number of fused-ring (bicyclic) bond motifs is 1. The van der Waals surface area contributed by atoms with Crippen LogP contribution in [-0.2, 0) is 9.53 Å². The number of benzene rings is 2. The molecule has 7 nitrogen and oxygen atoms in total. The SMILES string of the molecule is C=C/C(=C\C=C(/C)CC(OCC)C(=O)NC(CO)c1ccccc1)NCCCN1CCOc2ccccc21. The number of amides is 1. The third-order valence-corrected chi connectivity index (χ3v) is 6.39. The minimum atomic E-state index is -0.640. The number of carbonyl (C=O) groups excluding carboxylic acids is 1. The summed E-state index contributed by atoms with van der Waals surface area (Å²) >= 11 is 0. The summed E-state index contributed by atoms with van der Waals surface area (Å²) in [6.45, 7) is 11.4. The lowest BCUT2D eigenvalue weighted by molar-refractivity contribution is -0.133. The maximum atomic E-state index is 13.0. The molecule has 0 aliphatic carbocycles. The molecule has 204 valence electrons. The van der Waals surface area contributed by atoms with Crippen molar-refractivity contribution in [2.75, 3.05) is 44.4 Å². The lowest BCUT2D eigenvalue weighted by Gasteiger charge is -2.31. The van der Waals surface area contributed by atoms with Crippen molar-refractivity contribution in [3.8, 4) is 5.75 Å². The van der Waals surface area contributed by atoms with Crippen molar-refractivity contribution in [2.24, 2.45) is 0 Å². The number of para-hydroxylation sites is 2. The van der Waals surface area contributed by atoms with E-state index in [2.05, 4.69) is 28.2 Å². The first-order chi connectivity index (χ1) is 18.5. The zero-order chi connectivity index (χ0) is 27.2. The number of rotatable bonds is 15. The van der Waals surface area contributed by atoms with Gasteiger partial charge >= 0.3 is 0 Å². The van der Waals surface area contributed by atoms with Crippen molar-refractivity contribution >= 4 is 11.6 Å².